The molecule has 0 bridgehead atoms. The van der Waals surface area contributed by atoms with Crippen LogP contribution in [0.15, 0.2) is 65.5 Å². The molecule has 1 heterocycles. The van der Waals surface area contributed by atoms with E-state index in [2.05, 4.69) is 10.4 Å². The third kappa shape index (κ3) is 4.85. The Morgan fingerprint density at radius 3 is 2.43 bits per heavy atom. The van der Waals surface area contributed by atoms with Gasteiger partial charge >= 0.3 is 0 Å². The van der Waals surface area contributed by atoms with Gasteiger partial charge in [0.1, 0.15) is 18.9 Å². The second kappa shape index (κ2) is 8.99. The number of nitrogens with zero attached hydrogens (tertiary/aromatic N) is 2. The average molecular weight is 377 g/mol. The van der Waals surface area contributed by atoms with Crippen molar-refractivity contribution < 1.29 is 9.53 Å². The van der Waals surface area contributed by atoms with Crippen molar-refractivity contribution in [1.82, 2.24) is 15.1 Å². The van der Waals surface area contributed by atoms with Crippen LogP contribution in [0.1, 0.15) is 11.1 Å². The summed E-state index contributed by atoms with van der Waals surface area (Å²) >= 11 is 0. The van der Waals surface area contributed by atoms with Crippen molar-refractivity contribution in [3.05, 3.63) is 82.1 Å². The van der Waals surface area contributed by atoms with E-state index in [1.165, 1.54) is 10.7 Å². The zero-order valence-electron chi connectivity index (χ0n) is 16.0. The number of amides is 1. The minimum atomic E-state index is -0.318. The third-order valence-corrected chi connectivity index (χ3v) is 4.31. The van der Waals surface area contributed by atoms with E-state index in [0.29, 0.717) is 18.8 Å². The highest BCUT2D eigenvalue weighted by atomic mass is 16.5. The normalized spacial score (nSPS) is 10.5. The fourth-order valence-electron chi connectivity index (χ4n) is 2.89. The molecule has 144 valence electrons. The van der Waals surface area contributed by atoms with Crippen molar-refractivity contribution >= 4 is 5.91 Å². The molecule has 0 radical (unpaired) electrons. The maximum atomic E-state index is 12.2. The molecule has 0 saturated carbocycles. The second-order valence-electron chi connectivity index (χ2n) is 6.50. The molecule has 3 aromatic rings. The number of benzene rings is 2. The van der Waals surface area contributed by atoms with E-state index in [1.54, 1.807) is 6.07 Å². The number of ether oxygens (including phenoxy) is 1. The lowest BCUT2D eigenvalue weighted by Gasteiger charge is -2.12. The fourth-order valence-corrected chi connectivity index (χ4v) is 2.89. The topological polar surface area (TPSA) is 73.2 Å². The van der Waals surface area contributed by atoms with Gasteiger partial charge in [0.05, 0.1) is 12.2 Å². The molecular weight excluding hydrogens is 354 g/mol. The van der Waals surface area contributed by atoms with Crippen molar-refractivity contribution in [3.63, 3.8) is 0 Å². The first-order chi connectivity index (χ1) is 13.5. The molecule has 0 atom stereocenters. The Morgan fingerprint density at radius 1 is 1.00 bits per heavy atom. The van der Waals surface area contributed by atoms with E-state index in [1.807, 2.05) is 62.4 Å². The van der Waals surface area contributed by atoms with Crippen molar-refractivity contribution in [1.29, 1.82) is 0 Å². The number of rotatable bonds is 7. The smallest absolute Gasteiger partial charge is 0.267 e. The van der Waals surface area contributed by atoms with Crippen molar-refractivity contribution in [2.24, 2.45) is 0 Å². The highest BCUT2D eigenvalue weighted by molar-refractivity contribution is 5.75. The maximum Gasteiger partial charge on any atom is 0.267 e. The van der Waals surface area contributed by atoms with Gasteiger partial charge in [-0.3, -0.25) is 9.59 Å². The molecule has 0 fully saturated rings. The van der Waals surface area contributed by atoms with Gasteiger partial charge in [-0.15, -0.1) is 0 Å². The summed E-state index contributed by atoms with van der Waals surface area (Å²) in [5.41, 5.74) is 3.33. The molecule has 3 rings (SSSR count). The van der Waals surface area contributed by atoms with Crippen LogP contribution in [-0.2, 0) is 11.3 Å². The number of hydrogen-bond acceptors (Lipinski definition) is 4. The number of aromatic nitrogens is 2. The van der Waals surface area contributed by atoms with E-state index < -0.39 is 0 Å². The lowest BCUT2D eigenvalue weighted by molar-refractivity contribution is -0.122. The molecule has 0 aliphatic carbocycles. The van der Waals surface area contributed by atoms with Gasteiger partial charge in [0, 0.05) is 11.6 Å². The first-order valence-electron chi connectivity index (χ1n) is 9.14. The molecule has 1 amide bonds. The first-order valence-corrected chi connectivity index (χ1v) is 9.14. The van der Waals surface area contributed by atoms with Gasteiger partial charge < -0.3 is 10.1 Å². The lowest BCUT2D eigenvalue weighted by atomic mass is 10.1. The Kier molecular flexibility index (Phi) is 6.22. The lowest BCUT2D eigenvalue weighted by Crippen LogP contribution is -2.35. The molecule has 2 aromatic carbocycles. The van der Waals surface area contributed by atoms with E-state index >= 15 is 0 Å². The maximum absolute atomic E-state index is 12.2. The number of nitrogens with one attached hydrogen (secondary N) is 1. The van der Waals surface area contributed by atoms with E-state index in [9.17, 15) is 9.59 Å². The molecule has 1 aromatic heterocycles. The summed E-state index contributed by atoms with van der Waals surface area (Å²) in [5, 5.41) is 7.06. The zero-order valence-corrected chi connectivity index (χ0v) is 16.0. The standard InChI is InChI=1S/C22H23N3O3/c1-16-7-6-8-17(2)22(16)28-14-13-23-20(26)15-25-21(27)12-11-19(24-25)18-9-4-3-5-10-18/h3-12H,13-15H2,1-2H3,(H,23,26). The van der Waals surface area contributed by atoms with Crippen molar-refractivity contribution in [2.75, 3.05) is 13.2 Å². The molecule has 0 spiro atoms. The van der Waals surface area contributed by atoms with Gasteiger partial charge in [0.25, 0.3) is 5.56 Å². The van der Waals surface area contributed by atoms with Crippen LogP contribution in [-0.4, -0.2) is 28.8 Å². The number of carbonyl (C=O) groups excluding carboxylic acids is 1. The van der Waals surface area contributed by atoms with Crippen LogP contribution in [0, 0.1) is 13.8 Å². The van der Waals surface area contributed by atoms with E-state index in [0.717, 1.165) is 22.4 Å². The van der Waals surface area contributed by atoms with Gasteiger partial charge in [-0.05, 0) is 31.0 Å². The fraction of sp³-hybridized carbons (Fsp3) is 0.227. The Labute approximate surface area is 163 Å². The highest BCUT2D eigenvalue weighted by Gasteiger charge is 2.08. The number of para-hydroxylation sites is 1. The van der Waals surface area contributed by atoms with Crippen molar-refractivity contribution in [2.45, 2.75) is 20.4 Å². The Bertz CT molecular complexity index is 993. The predicted octanol–water partition coefficient (Wildman–Crippen LogP) is 2.72. The molecular formula is C22H23N3O3. The summed E-state index contributed by atoms with van der Waals surface area (Å²) in [6.07, 6.45) is 0. The van der Waals surface area contributed by atoms with Crippen molar-refractivity contribution in [3.8, 4) is 17.0 Å². The van der Waals surface area contributed by atoms with Crippen LogP contribution >= 0.6 is 0 Å². The van der Waals surface area contributed by atoms with Crippen LogP contribution < -0.4 is 15.6 Å². The van der Waals surface area contributed by atoms with E-state index in [4.69, 9.17) is 4.74 Å². The van der Waals surface area contributed by atoms with Gasteiger partial charge in [0.15, 0.2) is 0 Å². The molecule has 0 aliphatic heterocycles. The third-order valence-electron chi connectivity index (χ3n) is 4.31. The minimum Gasteiger partial charge on any atom is -0.491 e. The summed E-state index contributed by atoms with van der Waals surface area (Å²) in [4.78, 5) is 24.2. The molecule has 6 nitrogen and oxygen atoms in total. The van der Waals surface area contributed by atoms with Crippen LogP contribution in [0.5, 0.6) is 5.75 Å². The summed E-state index contributed by atoms with van der Waals surface area (Å²) in [5.74, 6) is 0.551. The van der Waals surface area contributed by atoms with Crippen LogP contribution in [0.2, 0.25) is 0 Å². The molecule has 0 unspecified atom stereocenters. The summed E-state index contributed by atoms with van der Waals surface area (Å²) < 4.78 is 6.94. The summed E-state index contributed by atoms with van der Waals surface area (Å²) in [6.45, 7) is 4.53. The minimum absolute atomic E-state index is 0.136. The summed E-state index contributed by atoms with van der Waals surface area (Å²) in [7, 11) is 0. The molecule has 6 heteroatoms. The zero-order chi connectivity index (χ0) is 19.9. The predicted molar refractivity (Wildman–Crippen MR) is 108 cm³/mol. The second-order valence-corrected chi connectivity index (χ2v) is 6.50. The SMILES string of the molecule is Cc1cccc(C)c1OCCNC(=O)Cn1nc(-c2ccccc2)ccc1=O. The molecule has 28 heavy (non-hydrogen) atoms. The Balaban J connectivity index is 1.56. The van der Waals surface area contributed by atoms with E-state index in [-0.39, 0.29) is 18.0 Å². The first kappa shape index (κ1) is 19.4. The quantitative estimate of drug-likeness (QED) is 0.643. The Hall–Kier alpha value is -3.41. The van der Waals surface area contributed by atoms with Gasteiger partial charge in [-0.1, -0.05) is 48.5 Å². The number of carbonyl (C=O) groups is 1. The highest BCUT2D eigenvalue weighted by Crippen LogP contribution is 2.21. The largest absolute Gasteiger partial charge is 0.491 e. The molecule has 0 aliphatic rings. The number of hydrogen-bond donors (Lipinski definition) is 1. The van der Waals surface area contributed by atoms with Gasteiger partial charge in [0.2, 0.25) is 5.91 Å². The summed E-state index contributed by atoms with van der Waals surface area (Å²) in [6, 6.07) is 18.5. The van der Waals surface area contributed by atoms with Gasteiger partial charge in [-0.25, -0.2) is 4.68 Å². The Morgan fingerprint density at radius 2 is 1.71 bits per heavy atom. The average Bonchev–Trinajstić information content (AvgIpc) is 2.69. The van der Waals surface area contributed by atoms with Crippen LogP contribution in [0.4, 0.5) is 0 Å². The molecule has 1 N–H and O–H groups in total. The molecule has 0 saturated heterocycles. The monoisotopic (exact) mass is 377 g/mol. The number of aryl methyl sites for hydroxylation is 2. The van der Waals surface area contributed by atoms with Gasteiger partial charge in [-0.2, -0.15) is 5.10 Å². The van der Waals surface area contributed by atoms with Crippen LogP contribution in [0.25, 0.3) is 11.3 Å². The van der Waals surface area contributed by atoms with Crippen LogP contribution in [0.3, 0.4) is 0 Å².